The average molecular weight is 501 g/mol. The zero-order valence-electron chi connectivity index (χ0n) is 18.4. The third kappa shape index (κ3) is 5.30. The van der Waals surface area contributed by atoms with Crippen molar-refractivity contribution in [2.75, 3.05) is 5.32 Å². The number of hydrogen-bond donors (Lipinski definition) is 1. The lowest BCUT2D eigenvalue weighted by molar-refractivity contribution is -0.274. The van der Waals surface area contributed by atoms with Crippen molar-refractivity contribution in [3.05, 3.63) is 72.0 Å². The summed E-state index contributed by atoms with van der Waals surface area (Å²) in [4.78, 5) is 16.9. The second-order valence-corrected chi connectivity index (χ2v) is 9.47. The predicted molar refractivity (Wildman–Crippen MR) is 128 cm³/mol. The van der Waals surface area contributed by atoms with Crippen LogP contribution in [0.1, 0.15) is 36.0 Å². The van der Waals surface area contributed by atoms with Crippen LogP contribution >= 0.6 is 11.3 Å². The molecule has 0 atom stereocenters. The van der Waals surface area contributed by atoms with Gasteiger partial charge in [-0.1, -0.05) is 54.5 Å². The molecular formula is C26H20F4N2O2S. The molecule has 1 aliphatic rings. The van der Waals surface area contributed by atoms with E-state index in [1.165, 1.54) is 24.3 Å². The Hall–Kier alpha value is -3.46. The Balaban J connectivity index is 1.31. The number of ketones is 1. The van der Waals surface area contributed by atoms with E-state index in [0.717, 1.165) is 42.6 Å². The molecule has 1 aliphatic carbocycles. The van der Waals surface area contributed by atoms with Gasteiger partial charge < -0.3 is 10.1 Å². The van der Waals surface area contributed by atoms with Crippen LogP contribution < -0.4 is 10.1 Å². The van der Waals surface area contributed by atoms with Crippen LogP contribution in [-0.2, 0) is 0 Å². The third-order valence-electron chi connectivity index (χ3n) is 6.03. The number of Topliss-reactive ketones (excluding diaryl/α,β-unsaturated/α-hetero) is 1. The molecular weight excluding hydrogens is 480 g/mol. The second kappa shape index (κ2) is 9.30. The Morgan fingerprint density at radius 1 is 0.971 bits per heavy atom. The number of ether oxygens (including phenoxy) is 1. The minimum absolute atomic E-state index is 0.106. The van der Waals surface area contributed by atoms with E-state index in [1.54, 1.807) is 24.3 Å². The summed E-state index contributed by atoms with van der Waals surface area (Å²) in [5.74, 6) is -0.566. The molecule has 4 nitrogen and oxygen atoms in total. The van der Waals surface area contributed by atoms with Crippen LogP contribution in [0.4, 0.5) is 28.4 Å². The molecule has 1 fully saturated rings. The van der Waals surface area contributed by atoms with Gasteiger partial charge in [0.05, 0.1) is 15.9 Å². The number of rotatable bonds is 6. The molecule has 0 aliphatic heterocycles. The topological polar surface area (TPSA) is 51.2 Å². The molecule has 5 rings (SSSR count). The van der Waals surface area contributed by atoms with Crippen molar-refractivity contribution in [3.63, 3.8) is 0 Å². The molecule has 4 aromatic rings. The van der Waals surface area contributed by atoms with Crippen LogP contribution in [0.5, 0.6) is 5.75 Å². The summed E-state index contributed by atoms with van der Waals surface area (Å²) < 4.78 is 56.6. The molecule has 0 unspecified atom stereocenters. The van der Waals surface area contributed by atoms with Crippen molar-refractivity contribution in [1.82, 2.24) is 4.98 Å². The SMILES string of the molecule is O=C(c1ccc(-c2ccc(Nc3nc4ccc(OC(F)(F)F)cc4s3)c(F)c2)cc1)C1CCCC1. The molecule has 0 saturated heterocycles. The summed E-state index contributed by atoms with van der Waals surface area (Å²) in [6.45, 7) is 0. The molecule has 1 N–H and O–H groups in total. The zero-order valence-corrected chi connectivity index (χ0v) is 19.2. The highest BCUT2D eigenvalue weighted by Crippen LogP contribution is 2.34. The van der Waals surface area contributed by atoms with E-state index in [4.69, 9.17) is 0 Å². The van der Waals surface area contributed by atoms with Gasteiger partial charge in [0.2, 0.25) is 0 Å². The standard InChI is InChI=1S/C26H20F4N2O2S/c27-20-13-18(15-5-7-17(8-6-15)24(33)16-3-1-2-4-16)9-11-21(20)31-25-32-22-12-10-19(14-23(22)35-25)34-26(28,29)30/h5-14,16H,1-4H2,(H,31,32). The van der Waals surface area contributed by atoms with E-state index in [2.05, 4.69) is 15.0 Å². The largest absolute Gasteiger partial charge is 0.573 e. The molecule has 0 spiro atoms. The fourth-order valence-electron chi connectivity index (χ4n) is 4.32. The molecule has 35 heavy (non-hydrogen) atoms. The lowest BCUT2D eigenvalue weighted by Gasteiger charge is -2.10. The monoisotopic (exact) mass is 500 g/mol. The summed E-state index contributed by atoms with van der Waals surface area (Å²) in [5.41, 5.74) is 2.78. The first kappa shape index (κ1) is 23.3. The van der Waals surface area contributed by atoms with Gasteiger partial charge >= 0.3 is 6.36 Å². The lowest BCUT2D eigenvalue weighted by atomic mass is 9.94. The molecule has 1 aromatic heterocycles. The van der Waals surface area contributed by atoms with Crippen LogP contribution in [0.2, 0.25) is 0 Å². The van der Waals surface area contributed by atoms with Gasteiger partial charge in [-0.15, -0.1) is 13.2 Å². The molecule has 180 valence electrons. The first-order valence-electron chi connectivity index (χ1n) is 11.1. The van der Waals surface area contributed by atoms with Crippen molar-refractivity contribution in [3.8, 4) is 16.9 Å². The maximum absolute atomic E-state index is 14.9. The van der Waals surface area contributed by atoms with Crippen LogP contribution in [0.3, 0.4) is 0 Å². The number of thiazole rings is 1. The van der Waals surface area contributed by atoms with Gasteiger partial charge in [0.25, 0.3) is 0 Å². The van der Waals surface area contributed by atoms with E-state index in [0.29, 0.717) is 26.5 Å². The van der Waals surface area contributed by atoms with Gasteiger partial charge in [0.1, 0.15) is 11.6 Å². The number of aromatic nitrogens is 1. The highest BCUT2D eigenvalue weighted by atomic mass is 32.1. The van der Waals surface area contributed by atoms with Crippen molar-refractivity contribution in [2.24, 2.45) is 5.92 Å². The summed E-state index contributed by atoms with van der Waals surface area (Å²) in [6.07, 6.45) is -0.706. The fourth-order valence-corrected chi connectivity index (χ4v) is 5.22. The van der Waals surface area contributed by atoms with Gasteiger partial charge in [0, 0.05) is 17.5 Å². The maximum Gasteiger partial charge on any atom is 0.573 e. The summed E-state index contributed by atoms with van der Waals surface area (Å²) in [6, 6.07) is 15.8. The molecule has 0 bridgehead atoms. The number of nitrogens with zero attached hydrogens (tertiary/aromatic N) is 1. The van der Waals surface area contributed by atoms with Crippen molar-refractivity contribution in [1.29, 1.82) is 0 Å². The number of halogens is 4. The number of nitrogens with one attached hydrogen (secondary N) is 1. The molecule has 1 heterocycles. The Labute approximate surface area is 202 Å². The lowest BCUT2D eigenvalue weighted by Crippen LogP contribution is -2.16. The van der Waals surface area contributed by atoms with Crippen LogP contribution in [-0.4, -0.2) is 17.1 Å². The van der Waals surface area contributed by atoms with Gasteiger partial charge in [-0.2, -0.15) is 0 Å². The first-order chi connectivity index (χ1) is 16.7. The minimum atomic E-state index is -4.78. The van der Waals surface area contributed by atoms with Gasteiger partial charge in [-0.3, -0.25) is 4.79 Å². The maximum atomic E-state index is 14.9. The van der Waals surface area contributed by atoms with E-state index < -0.39 is 12.2 Å². The highest BCUT2D eigenvalue weighted by molar-refractivity contribution is 7.22. The summed E-state index contributed by atoms with van der Waals surface area (Å²) in [7, 11) is 0. The Morgan fingerprint density at radius 2 is 1.69 bits per heavy atom. The third-order valence-corrected chi connectivity index (χ3v) is 6.97. The number of anilines is 2. The van der Waals surface area contributed by atoms with E-state index in [-0.39, 0.29) is 23.1 Å². The number of carbonyl (C=O) groups excluding carboxylic acids is 1. The Bertz CT molecular complexity index is 1380. The highest BCUT2D eigenvalue weighted by Gasteiger charge is 2.31. The van der Waals surface area contributed by atoms with Crippen LogP contribution in [0.25, 0.3) is 21.3 Å². The van der Waals surface area contributed by atoms with Gasteiger partial charge in [-0.25, -0.2) is 9.37 Å². The fraction of sp³-hybridized carbons (Fsp3) is 0.231. The van der Waals surface area contributed by atoms with E-state index >= 15 is 0 Å². The average Bonchev–Trinajstić information content (AvgIpc) is 3.49. The Kier molecular flexibility index (Phi) is 6.19. The number of alkyl halides is 3. The van der Waals surface area contributed by atoms with Gasteiger partial charge in [0.15, 0.2) is 10.9 Å². The molecule has 0 amide bonds. The van der Waals surface area contributed by atoms with Crippen LogP contribution in [0.15, 0.2) is 60.7 Å². The Morgan fingerprint density at radius 3 is 2.37 bits per heavy atom. The summed E-state index contributed by atoms with van der Waals surface area (Å²) >= 11 is 1.09. The number of carbonyl (C=O) groups is 1. The van der Waals surface area contributed by atoms with E-state index in [9.17, 15) is 22.4 Å². The molecule has 1 saturated carbocycles. The molecule has 9 heteroatoms. The van der Waals surface area contributed by atoms with Crippen molar-refractivity contribution in [2.45, 2.75) is 32.0 Å². The smallest absolute Gasteiger partial charge is 0.406 e. The van der Waals surface area contributed by atoms with Crippen molar-refractivity contribution < 1.29 is 27.1 Å². The number of hydrogen-bond acceptors (Lipinski definition) is 5. The van der Waals surface area contributed by atoms with Crippen LogP contribution in [0, 0.1) is 11.7 Å². The predicted octanol–water partition coefficient (Wildman–Crippen LogP) is 8.12. The quantitative estimate of drug-likeness (QED) is 0.215. The van der Waals surface area contributed by atoms with E-state index in [1.807, 2.05) is 12.1 Å². The first-order valence-corrected chi connectivity index (χ1v) is 11.9. The van der Waals surface area contributed by atoms with Crippen molar-refractivity contribution >= 4 is 38.2 Å². The molecule has 3 aromatic carbocycles. The number of benzene rings is 3. The molecule has 0 radical (unpaired) electrons. The summed E-state index contributed by atoms with van der Waals surface area (Å²) in [5, 5.41) is 3.23. The normalized spacial score (nSPS) is 14.4. The minimum Gasteiger partial charge on any atom is -0.406 e. The van der Waals surface area contributed by atoms with Gasteiger partial charge in [-0.05, 0) is 48.2 Å². The number of fused-ring (bicyclic) bond motifs is 1. The zero-order chi connectivity index (χ0) is 24.6. The second-order valence-electron chi connectivity index (χ2n) is 8.44.